The summed E-state index contributed by atoms with van der Waals surface area (Å²) >= 11 is 5.55. The number of aryl methyl sites for hydroxylation is 1. The van der Waals surface area contributed by atoms with Crippen molar-refractivity contribution in [2.75, 3.05) is 31.5 Å². The van der Waals surface area contributed by atoms with Gasteiger partial charge in [0.1, 0.15) is 0 Å². The Hall–Kier alpha value is -1.22. The number of anilines is 1. The van der Waals surface area contributed by atoms with Crippen molar-refractivity contribution in [2.45, 2.75) is 51.7 Å². The summed E-state index contributed by atoms with van der Waals surface area (Å²) in [6.07, 6.45) is 0.211. The molecule has 1 heterocycles. The first-order valence-electron chi connectivity index (χ1n) is 9.01. The zero-order valence-electron chi connectivity index (χ0n) is 16.2. The zero-order chi connectivity index (χ0) is 19.5. The highest BCUT2D eigenvalue weighted by Gasteiger charge is 2.25. The van der Waals surface area contributed by atoms with Crippen molar-refractivity contribution in [1.82, 2.24) is 9.21 Å². The molecule has 0 spiro atoms. The summed E-state index contributed by atoms with van der Waals surface area (Å²) in [5.41, 5.74) is 1.66. The number of hydrogen-bond acceptors (Lipinski definition) is 4. The lowest BCUT2D eigenvalue weighted by atomic mass is 10.2. The highest BCUT2D eigenvalue weighted by molar-refractivity contribution is 7.89. The van der Waals surface area contributed by atoms with E-state index in [0.717, 1.165) is 11.3 Å². The number of benzene rings is 1. The van der Waals surface area contributed by atoms with E-state index >= 15 is 0 Å². The Morgan fingerprint density at radius 3 is 2.38 bits per heavy atom. The molecule has 1 saturated heterocycles. The zero-order valence-corrected chi connectivity index (χ0v) is 17.8. The van der Waals surface area contributed by atoms with E-state index < -0.39 is 10.0 Å². The van der Waals surface area contributed by atoms with Crippen LogP contribution in [0.3, 0.4) is 0 Å². The Kier molecular flexibility index (Phi) is 7.01. The first-order chi connectivity index (χ1) is 12.2. The van der Waals surface area contributed by atoms with Crippen molar-refractivity contribution >= 4 is 33.0 Å². The van der Waals surface area contributed by atoms with E-state index in [2.05, 4.69) is 10.2 Å². The van der Waals surface area contributed by atoms with Crippen LogP contribution >= 0.6 is 12.2 Å². The molecule has 1 fully saturated rings. The maximum Gasteiger partial charge on any atom is 0.243 e. The molecule has 0 unspecified atom stereocenters. The SMILES string of the molecule is CCN(CC)S(=O)(=O)c1ccc(C)c(NC(=S)N2C[C@H](C)O[C@@H](C)C2)c1. The Morgan fingerprint density at radius 2 is 1.85 bits per heavy atom. The minimum atomic E-state index is -3.50. The van der Waals surface area contributed by atoms with Gasteiger partial charge in [-0.2, -0.15) is 4.31 Å². The number of nitrogens with one attached hydrogen (secondary N) is 1. The average molecular weight is 400 g/mol. The van der Waals surface area contributed by atoms with Crippen molar-refractivity contribution in [3.05, 3.63) is 23.8 Å². The third-order valence-corrected chi connectivity index (χ3v) is 6.91. The van der Waals surface area contributed by atoms with Gasteiger partial charge in [-0.15, -0.1) is 0 Å². The summed E-state index contributed by atoms with van der Waals surface area (Å²) in [6, 6.07) is 5.13. The van der Waals surface area contributed by atoms with E-state index in [9.17, 15) is 8.42 Å². The van der Waals surface area contributed by atoms with Gasteiger partial charge in [-0.25, -0.2) is 8.42 Å². The van der Waals surface area contributed by atoms with E-state index in [-0.39, 0.29) is 17.1 Å². The fraction of sp³-hybridized carbons (Fsp3) is 0.611. The van der Waals surface area contributed by atoms with E-state index in [4.69, 9.17) is 17.0 Å². The predicted octanol–water partition coefficient (Wildman–Crippen LogP) is 2.83. The second-order valence-corrected chi connectivity index (χ2v) is 8.98. The highest BCUT2D eigenvalue weighted by Crippen LogP contribution is 2.24. The highest BCUT2D eigenvalue weighted by atomic mass is 32.2. The molecule has 0 aromatic heterocycles. The van der Waals surface area contributed by atoms with Gasteiger partial charge in [0.25, 0.3) is 0 Å². The Bertz CT molecular complexity index is 738. The molecule has 1 aliphatic rings. The average Bonchev–Trinajstić information content (AvgIpc) is 2.56. The number of hydrogen-bond donors (Lipinski definition) is 1. The van der Waals surface area contributed by atoms with Crippen LogP contribution in [0.5, 0.6) is 0 Å². The molecular formula is C18H29N3O3S2. The predicted molar refractivity (Wildman–Crippen MR) is 109 cm³/mol. The van der Waals surface area contributed by atoms with Crippen molar-refractivity contribution in [3.8, 4) is 0 Å². The molecule has 6 nitrogen and oxygen atoms in total. The lowest BCUT2D eigenvalue weighted by Crippen LogP contribution is -2.49. The van der Waals surface area contributed by atoms with E-state index in [0.29, 0.717) is 31.3 Å². The minimum Gasteiger partial charge on any atom is -0.372 e. The number of thiocarbonyl (C=S) groups is 1. The molecule has 0 radical (unpaired) electrons. The van der Waals surface area contributed by atoms with E-state index in [1.807, 2.05) is 40.7 Å². The second kappa shape index (κ2) is 8.65. The van der Waals surface area contributed by atoms with Gasteiger partial charge in [-0.05, 0) is 50.7 Å². The third kappa shape index (κ3) is 4.73. The number of rotatable bonds is 5. The molecule has 26 heavy (non-hydrogen) atoms. The van der Waals surface area contributed by atoms with Gasteiger partial charge in [0, 0.05) is 31.9 Å². The molecule has 146 valence electrons. The summed E-state index contributed by atoms with van der Waals surface area (Å²) in [5, 5.41) is 3.82. The largest absolute Gasteiger partial charge is 0.372 e. The van der Waals surface area contributed by atoms with Gasteiger partial charge < -0.3 is 15.0 Å². The number of sulfonamides is 1. The normalized spacial score (nSPS) is 21.1. The third-order valence-electron chi connectivity index (χ3n) is 4.50. The van der Waals surface area contributed by atoms with Gasteiger partial charge in [0.2, 0.25) is 10.0 Å². The molecule has 2 rings (SSSR count). The molecule has 8 heteroatoms. The van der Waals surface area contributed by atoms with Crippen molar-refractivity contribution in [1.29, 1.82) is 0 Å². The molecule has 2 atom stereocenters. The van der Waals surface area contributed by atoms with Crippen LogP contribution in [0.4, 0.5) is 5.69 Å². The molecule has 1 N–H and O–H groups in total. The van der Waals surface area contributed by atoms with Crippen LogP contribution in [0.1, 0.15) is 33.3 Å². The smallest absolute Gasteiger partial charge is 0.243 e. The van der Waals surface area contributed by atoms with Crippen molar-refractivity contribution < 1.29 is 13.2 Å². The Balaban J connectivity index is 2.23. The first kappa shape index (κ1) is 21.1. The summed E-state index contributed by atoms with van der Waals surface area (Å²) in [5.74, 6) is 0. The molecule has 0 bridgehead atoms. The molecule has 0 saturated carbocycles. The van der Waals surface area contributed by atoms with Gasteiger partial charge in [-0.3, -0.25) is 0 Å². The summed E-state index contributed by atoms with van der Waals surface area (Å²) < 4.78 is 32.7. The number of morpholine rings is 1. The molecule has 0 amide bonds. The van der Waals surface area contributed by atoms with E-state index in [1.165, 1.54) is 4.31 Å². The quantitative estimate of drug-likeness (QED) is 0.769. The van der Waals surface area contributed by atoms with Gasteiger partial charge in [-0.1, -0.05) is 19.9 Å². The van der Waals surface area contributed by atoms with Gasteiger partial charge in [0.15, 0.2) is 5.11 Å². The second-order valence-electron chi connectivity index (χ2n) is 6.66. The molecule has 1 aromatic carbocycles. The maximum atomic E-state index is 12.8. The van der Waals surface area contributed by atoms with Crippen LogP contribution in [-0.4, -0.2) is 61.1 Å². The Morgan fingerprint density at radius 1 is 1.27 bits per heavy atom. The molecular weight excluding hydrogens is 370 g/mol. The fourth-order valence-electron chi connectivity index (χ4n) is 3.15. The summed E-state index contributed by atoms with van der Waals surface area (Å²) in [6.45, 7) is 12.0. The first-order valence-corrected chi connectivity index (χ1v) is 10.9. The van der Waals surface area contributed by atoms with Crippen LogP contribution in [0.2, 0.25) is 0 Å². The standard InChI is InChI=1S/C18H29N3O3S2/c1-6-21(7-2)26(22,23)16-9-8-13(3)17(10-16)19-18(25)20-11-14(4)24-15(5)12-20/h8-10,14-15H,6-7,11-12H2,1-5H3,(H,19,25)/t14-,15-/m0/s1. The molecule has 1 aliphatic heterocycles. The number of nitrogens with zero attached hydrogens (tertiary/aromatic N) is 2. The summed E-state index contributed by atoms with van der Waals surface area (Å²) in [4.78, 5) is 2.35. The number of ether oxygens (including phenoxy) is 1. The van der Waals surface area contributed by atoms with Crippen LogP contribution < -0.4 is 5.32 Å². The van der Waals surface area contributed by atoms with Gasteiger partial charge in [0.05, 0.1) is 17.1 Å². The monoisotopic (exact) mass is 399 g/mol. The van der Waals surface area contributed by atoms with E-state index in [1.54, 1.807) is 12.1 Å². The molecule has 0 aliphatic carbocycles. The molecule has 1 aromatic rings. The van der Waals surface area contributed by atoms with Crippen molar-refractivity contribution in [3.63, 3.8) is 0 Å². The fourth-order valence-corrected chi connectivity index (χ4v) is 4.89. The minimum absolute atomic E-state index is 0.106. The van der Waals surface area contributed by atoms with Crippen LogP contribution in [0, 0.1) is 6.92 Å². The summed E-state index contributed by atoms with van der Waals surface area (Å²) in [7, 11) is -3.50. The topological polar surface area (TPSA) is 61.9 Å². The van der Waals surface area contributed by atoms with Crippen LogP contribution in [-0.2, 0) is 14.8 Å². The lowest BCUT2D eigenvalue weighted by Gasteiger charge is -2.37. The lowest BCUT2D eigenvalue weighted by molar-refractivity contribution is -0.0473. The maximum absolute atomic E-state index is 12.8. The van der Waals surface area contributed by atoms with Crippen LogP contribution in [0.15, 0.2) is 23.1 Å². The van der Waals surface area contributed by atoms with Crippen molar-refractivity contribution in [2.24, 2.45) is 0 Å². The van der Waals surface area contributed by atoms with Crippen LogP contribution in [0.25, 0.3) is 0 Å². The Labute approximate surface area is 162 Å². The van der Waals surface area contributed by atoms with Gasteiger partial charge >= 0.3 is 0 Å².